The van der Waals surface area contributed by atoms with Crippen LogP contribution in [0, 0.1) is 6.92 Å². The number of benzene rings is 1. The van der Waals surface area contributed by atoms with E-state index >= 15 is 0 Å². The van der Waals surface area contributed by atoms with E-state index in [9.17, 15) is 4.79 Å². The maximum absolute atomic E-state index is 12.7. The SMILES string of the molecule is Cc1c(C(=O)NCc2ccc(N3CCOC(C)C3)nc2)cnn1-c1ccc(Br)cc1. The summed E-state index contributed by atoms with van der Waals surface area (Å²) < 4.78 is 8.34. The minimum absolute atomic E-state index is 0.151. The van der Waals surface area contributed by atoms with Crippen molar-refractivity contribution in [1.82, 2.24) is 20.1 Å². The number of amides is 1. The lowest BCUT2D eigenvalue weighted by Gasteiger charge is -2.32. The van der Waals surface area contributed by atoms with Crippen molar-refractivity contribution in [2.45, 2.75) is 26.5 Å². The summed E-state index contributed by atoms with van der Waals surface area (Å²) in [6.07, 6.45) is 3.63. The molecule has 7 nitrogen and oxygen atoms in total. The van der Waals surface area contributed by atoms with Gasteiger partial charge < -0.3 is 15.0 Å². The molecular weight excluding hydrogens is 446 g/mol. The molecule has 2 aromatic heterocycles. The number of nitrogens with one attached hydrogen (secondary N) is 1. The fourth-order valence-electron chi connectivity index (χ4n) is 3.49. The van der Waals surface area contributed by atoms with Crippen LogP contribution in [0.1, 0.15) is 28.5 Å². The van der Waals surface area contributed by atoms with Gasteiger partial charge in [-0.2, -0.15) is 5.10 Å². The number of pyridine rings is 1. The molecule has 30 heavy (non-hydrogen) atoms. The number of halogens is 1. The van der Waals surface area contributed by atoms with E-state index in [1.165, 1.54) is 0 Å². The molecular formula is C22H24BrN5O2. The number of aromatic nitrogens is 3. The lowest BCUT2D eigenvalue weighted by atomic mass is 10.2. The lowest BCUT2D eigenvalue weighted by Crippen LogP contribution is -2.41. The summed E-state index contributed by atoms with van der Waals surface area (Å²) in [4.78, 5) is 19.4. The molecule has 0 saturated carbocycles. The third-order valence-corrected chi connectivity index (χ3v) is 5.68. The summed E-state index contributed by atoms with van der Waals surface area (Å²) in [5, 5.41) is 7.34. The smallest absolute Gasteiger partial charge is 0.255 e. The second kappa shape index (κ2) is 8.97. The summed E-state index contributed by atoms with van der Waals surface area (Å²) in [6, 6.07) is 11.8. The van der Waals surface area contributed by atoms with Gasteiger partial charge in [0.15, 0.2) is 0 Å². The fourth-order valence-corrected chi connectivity index (χ4v) is 3.75. The molecule has 1 aromatic carbocycles. The zero-order valence-corrected chi connectivity index (χ0v) is 18.6. The zero-order chi connectivity index (χ0) is 21.1. The highest BCUT2D eigenvalue weighted by atomic mass is 79.9. The molecule has 1 aliphatic rings. The number of carbonyl (C=O) groups excluding carboxylic acids is 1. The van der Waals surface area contributed by atoms with Gasteiger partial charge in [0.2, 0.25) is 0 Å². The molecule has 1 fully saturated rings. The van der Waals surface area contributed by atoms with Gasteiger partial charge in [0.05, 0.1) is 35.9 Å². The first-order valence-corrected chi connectivity index (χ1v) is 10.7. The molecule has 0 aliphatic carbocycles. The van der Waals surface area contributed by atoms with Crippen molar-refractivity contribution >= 4 is 27.7 Å². The van der Waals surface area contributed by atoms with E-state index in [1.807, 2.05) is 49.5 Å². The molecule has 1 atom stereocenters. The quantitative estimate of drug-likeness (QED) is 0.618. The first-order valence-electron chi connectivity index (χ1n) is 9.91. The van der Waals surface area contributed by atoms with E-state index in [2.05, 4.69) is 43.2 Å². The molecule has 156 valence electrons. The van der Waals surface area contributed by atoms with Crippen molar-refractivity contribution in [1.29, 1.82) is 0 Å². The van der Waals surface area contributed by atoms with Crippen LogP contribution in [0.3, 0.4) is 0 Å². The van der Waals surface area contributed by atoms with Crippen LogP contribution in [0.2, 0.25) is 0 Å². The Labute approximate surface area is 184 Å². The normalized spacial score (nSPS) is 16.5. The average Bonchev–Trinajstić information content (AvgIpc) is 3.14. The van der Waals surface area contributed by atoms with Gasteiger partial charge >= 0.3 is 0 Å². The van der Waals surface area contributed by atoms with Crippen LogP contribution in [0.25, 0.3) is 5.69 Å². The van der Waals surface area contributed by atoms with E-state index in [0.29, 0.717) is 18.7 Å². The van der Waals surface area contributed by atoms with Gasteiger partial charge in [-0.15, -0.1) is 0 Å². The zero-order valence-electron chi connectivity index (χ0n) is 17.0. The lowest BCUT2D eigenvalue weighted by molar-refractivity contribution is 0.0529. The second-order valence-electron chi connectivity index (χ2n) is 7.37. The molecule has 0 bridgehead atoms. The maximum atomic E-state index is 12.7. The van der Waals surface area contributed by atoms with Crippen LogP contribution in [-0.4, -0.2) is 46.5 Å². The molecule has 1 unspecified atom stereocenters. The Balaban J connectivity index is 1.38. The minimum atomic E-state index is -0.151. The van der Waals surface area contributed by atoms with Crippen molar-refractivity contribution in [2.24, 2.45) is 0 Å². The Morgan fingerprint density at radius 2 is 2.03 bits per heavy atom. The molecule has 8 heteroatoms. The molecule has 0 radical (unpaired) electrons. The van der Waals surface area contributed by atoms with Crippen LogP contribution in [0.5, 0.6) is 0 Å². The van der Waals surface area contributed by atoms with E-state index in [4.69, 9.17) is 4.74 Å². The van der Waals surface area contributed by atoms with Gasteiger partial charge in [-0.1, -0.05) is 22.0 Å². The molecule has 1 aliphatic heterocycles. The van der Waals surface area contributed by atoms with Crippen LogP contribution in [0.4, 0.5) is 5.82 Å². The maximum Gasteiger partial charge on any atom is 0.255 e. The van der Waals surface area contributed by atoms with Crippen LogP contribution < -0.4 is 10.2 Å². The van der Waals surface area contributed by atoms with Crippen molar-refractivity contribution in [3.8, 4) is 5.69 Å². The Kier molecular flexibility index (Phi) is 6.15. The van der Waals surface area contributed by atoms with Gasteiger partial charge in [-0.25, -0.2) is 9.67 Å². The highest BCUT2D eigenvalue weighted by Crippen LogP contribution is 2.18. The number of rotatable bonds is 5. The highest BCUT2D eigenvalue weighted by Gasteiger charge is 2.18. The predicted octanol–water partition coefficient (Wildman–Crippen LogP) is 3.49. The summed E-state index contributed by atoms with van der Waals surface area (Å²) in [6.45, 7) is 6.77. The monoisotopic (exact) mass is 469 g/mol. The van der Waals surface area contributed by atoms with Crippen molar-refractivity contribution in [2.75, 3.05) is 24.6 Å². The molecule has 3 aromatic rings. The third kappa shape index (κ3) is 4.55. The molecule has 1 amide bonds. The number of hydrogen-bond donors (Lipinski definition) is 1. The van der Waals surface area contributed by atoms with Gasteiger partial charge in [-0.3, -0.25) is 4.79 Å². The molecule has 1 N–H and O–H groups in total. The van der Waals surface area contributed by atoms with Gasteiger partial charge in [-0.05, 0) is 49.7 Å². The molecule has 0 spiro atoms. The predicted molar refractivity (Wildman–Crippen MR) is 119 cm³/mol. The number of nitrogens with zero attached hydrogens (tertiary/aromatic N) is 4. The Hall–Kier alpha value is -2.71. The minimum Gasteiger partial charge on any atom is -0.375 e. The average molecular weight is 470 g/mol. The van der Waals surface area contributed by atoms with Crippen molar-refractivity contribution in [3.63, 3.8) is 0 Å². The highest BCUT2D eigenvalue weighted by molar-refractivity contribution is 9.10. The number of anilines is 1. The number of hydrogen-bond acceptors (Lipinski definition) is 5. The fraction of sp³-hybridized carbons (Fsp3) is 0.318. The first-order chi connectivity index (χ1) is 14.5. The molecule has 4 rings (SSSR count). The molecule has 3 heterocycles. The summed E-state index contributed by atoms with van der Waals surface area (Å²) >= 11 is 3.43. The van der Waals surface area contributed by atoms with Gasteiger partial charge in [0.1, 0.15) is 5.82 Å². The van der Waals surface area contributed by atoms with Gasteiger partial charge in [0.25, 0.3) is 5.91 Å². The standard InChI is InChI=1S/C22H24BrN5O2/c1-15-14-27(9-10-30-15)21-8-3-17(11-24-21)12-25-22(29)20-13-26-28(16(20)2)19-6-4-18(23)5-7-19/h3-8,11,13,15H,9-10,12,14H2,1-2H3,(H,25,29). The summed E-state index contributed by atoms with van der Waals surface area (Å²) in [5.41, 5.74) is 3.22. The van der Waals surface area contributed by atoms with Crippen LogP contribution in [0.15, 0.2) is 53.3 Å². The number of carbonyl (C=O) groups is 1. The number of morpholine rings is 1. The number of ether oxygens (including phenoxy) is 1. The van der Waals surface area contributed by atoms with Crippen LogP contribution >= 0.6 is 15.9 Å². The van der Waals surface area contributed by atoms with Crippen molar-refractivity contribution < 1.29 is 9.53 Å². The van der Waals surface area contributed by atoms with E-state index < -0.39 is 0 Å². The van der Waals surface area contributed by atoms with E-state index in [-0.39, 0.29) is 12.0 Å². The Morgan fingerprint density at radius 1 is 1.23 bits per heavy atom. The summed E-state index contributed by atoms with van der Waals surface area (Å²) in [5.74, 6) is 0.786. The van der Waals surface area contributed by atoms with Gasteiger partial charge in [0, 0.05) is 30.3 Å². The second-order valence-corrected chi connectivity index (χ2v) is 8.28. The summed E-state index contributed by atoms with van der Waals surface area (Å²) in [7, 11) is 0. The topological polar surface area (TPSA) is 72.3 Å². The van der Waals surface area contributed by atoms with Crippen molar-refractivity contribution in [3.05, 3.63) is 70.1 Å². The third-order valence-electron chi connectivity index (χ3n) is 5.15. The largest absolute Gasteiger partial charge is 0.375 e. The van der Waals surface area contributed by atoms with E-state index in [1.54, 1.807) is 10.9 Å². The van der Waals surface area contributed by atoms with Crippen LogP contribution in [-0.2, 0) is 11.3 Å². The Bertz CT molecular complexity index is 1020. The first kappa shape index (κ1) is 20.6. The van der Waals surface area contributed by atoms with E-state index in [0.717, 1.165) is 40.3 Å². The molecule has 1 saturated heterocycles. The Morgan fingerprint density at radius 3 is 2.73 bits per heavy atom.